The number of piperidine rings is 2. The lowest BCUT2D eigenvalue weighted by atomic mass is 9.74. The van der Waals surface area contributed by atoms with Gasteiger partial charge < -0.3 is 5.32 Å². The monoisotopic (exact) mass is 502 g/mol. The van der Waals surface area contributed by atoms with Gasteiger partial charge in [0.2, 0.25) is 5.91 Å². The number of nitrogens with one attached hydrogen (secondary N) is 2. The summed E-state index contributed by atoms with van der Waals surface area (Å²) < 4.78 is 44.4. The highest BCUT2D eigenvalue weighted by atomic mass is 19.4. The predicted molar refractivity (Wildman–Crippen MR) is 128 cm³/mol. The molecule has 2 atom stereocenters. The number of hydrogen-bond acceptors (Lipinski definition) is 3. The third-order valence-electron chi connectivity index (χ3n) is 7.54. The fourth-order valence-electron chi connectivity index (χ4n) is 5.59. The van der Waals surface area contributed by atoms with E-state index in [0.29, 0.717) is 36.7 Å². The molecule has 1 amide bonds. The number of amides is 1. The molecule has 2 aliphatic rings. The van der Waals surface area contributed by atoms with E-state index in [1.54, 1.807) is 18.2 Å². The Bertz CT molecular complexity index is 1360. The minimum absolute atomic E-state index is 0.0436. The van der Waals surface area contributed by atoms with Crippen LogP contribution in [0.25, 0.3) is 11.3 Å². The lowest BCUT2D eigenvalue weighted by molar-refractivity contribution is -0.450. The van der Waals surface area contributed by atoms with Crippen molar-refractivity contribution >= 4 is 11.6 Å². The molecule has 192 valence electrons. The molecule has 0 unspecified atom stereocenters. The van der Waals surface area contributed by atoms with Crippen LogP contribution in [0.4, 0.5) is 13.2 Å². The molecule has 1 aromatic carbocycles. The van der Waals surface area contributed by atoms with Crippen molar-refractivity contribution in [3.63, 3.8) is 0 Å². The van der Waals surface area contributed by atoms with E-state index in [9.17, 15) is 22.8 Å². The van der Waals surface area contributed by atoms with Crippen molar-refractivity contribution in [3.8, 4) is 5.69 Å². The number of alkyl halides is 3. The van der Waals surface area contributed by atoms with Gasteiger partial charge in [-0.3, -0.25) is 9.69 Å². The molecule has 2 N–H and O–H groups in total. The largest absolute Gasteiger partial charge is 0.456 e. The number of halogens is 3. The van der Waals surface area contributed by atoms with Gasteiger partial charge >= 0.3 is 17.5 Å². The standard InChI is InChI=1S/C26H30F3N5O2/c1-17-5-4-10-32(14-17)15-18-11-21(26(27,28)29)23-31-34(24(36)33(23)16-18)20-7-3-6-19(12-20)25(2)8-9-30-22(35)13-25/h3,6-7,11-12,16-17H,4-5,8-10,13-15H2,1-2H3,(H,30,35)/p+1/t17-,25+/m0/s1. The summed E-state index contributed by atoms with van der Waals surface area (Å²) >= 11 is 0. The van der Waals surface area contributed by atoms with Crippen molar-refractivity contribution in [1.29, 1.82) is 0 Å². The molecular formula is C26H31F3N5O2+. The van der Waals surface area contributed by atoms with E-state index in [2.05, 4.69) is 22.2 Å². The van der Waals surface area contributed by atoms with Gasteiger partial charge in [0.05, 0.1) is 5.69 Å². The van der Waals surface area contributed by atoms with Gasteiger partial charge in [-0.2, -0.15) is 18.3 Å². The van der Waals surface area contributed by atoms with Crippen molar-refractivity contribution in [3.05, 3.63) is 63.7 Å². The summed E-state index contributed by atoms with van der Waals surface area (Å²) in [6.45, 7) is 6.69. The van der Waals surface area contributed by atoms with E-state index < -0.39 is 22.8 Å². The predicted octanol–water partition coefficient (Wildman–Crippen LogP) is 3.32. The van der Waals surface area contributed by atoms with Crippen molar-refractivity contribution in [2.45, 2.75) is 57.7 Å². The Balaban J connectivity index is 1.57. The van der Waals surface area contributed by atoms with Gasteiger partial charge in [-0.1, -0.05) is 26.0 Å². The molecule has 10 heteroatoms. The molecule has 2 saturated heterocycles. The second kappa shape index (κ2) is 9.06. The zero-order valence-corrected chi connectivity index (χ0v) is 20.5. The minimum atomic E-state index is -4.63. The summed E-state index contributed by atoms with van der Waals surface area (Å²) in [4.78, 5) is 27.5. The topological polar surface area (TPSA) is 72.9 Å². The first-order valence-corrected chi connectivity index (χ1v) is 12.4. The highest BCUT2D eigenvalue weighted by Crippen LogP contribution is 2.35. The number of hydrogen-bond donors (Lipinski definition) is 1. The number of aromatic amines is 1. The highest BCUT2D eigenvalue weighted by molar-refractivity contribution is 5.78. The third kappa shape index (κ3) is 4.66. The van der Waals surface area contributed by atoms with Crippen LogP contribution >= 0.6 is 0 Å². The fraction of sp³-hybridized carbons (Fsp3) is 0.500. The van der Waals surface area contributed by atoms with E-state index in [0.717, 1.165) is 53.1 Å². The van der Waals surface area contributed by atoms with E-state index in [1.807, 2.05) is 13.0 Å². The van der Waals surface area contributed by atoms with E-state index >= 15 is 0 Å². The molecule has 7 nitrogen and oxygen atoms in total. The van der Waals surface area contributed by atoms with Gasteiger partial charge in [-0.15, -0.1) is 9.08 Å². The summed E-state index contributed by atoms with van der Waals surface area (Å²) in [5, 5.41) is 5.52. The molecule has 0 bridgehead atoms. The molecule has 2 aromatic heterocycles. The SMILES string of the molecule is C[C@H]1CCCN(Cc2cc(C(F)(F)F)c3[nH+]n(-c4cccc([C@]5(C)CCNC(=O)C5)c4)c(=O)n3c2)C1. The number of nitrogens with zero attached hydrogens (tertiary/aromatic N) is 3. The molecule has 36 heavy (non-hydrogen) atoms. The Morgan fingerprint density at radius 3 is 2.75 bits per heavy atom. The summed E-state index contributed by atoms with van der Waals surface area (Å²) in [5.41, 5.74) is -0.448. The maximum atomic E-state index is 14.1. The molecule has 0 aliphatic carbocycles. The number of carbonyl (C=O) groups is 1. The molecular weight excluding hydrogens is 471 g/mol. The third-order valence-corrected chi connectivity index (χ3v) is 7.54. The Kier molecular flexibility index (Phi) is 6.18. The molecule has 2 aliphatic heterocycles. The maximum absolute atomic E-state index is 14.1. The maximum Gasteiger partial charge on any atom is 0.456 e. The zero-order valence-electron chi connectivity index (χ0n) is 20.5. The molecule has 0 saturated carbocycles. The van der Waals surface area contributed by atoms with E-state index in [4.69, 9.17) is 0 Å². The Hall–Kier alpha value is -3.14. The van der Waals surface area contributed by atoms with Gasteiger partial charge in [0.1, 0.15) is 11.8 Å². The lowest BCUT2D eigenvalue weighted by Gasteiger charge is -2.33. The summed E-state index contributed by atoms with van der Waals surface area (Å²) in [6, 6.07) is 8.25. The number of rotatable bonds is 4. The second-order valence-electron chi connectivity index (χ2n) is 10.6. The first-order chi connectivity index (χ1) is 17.0. The Labute approximate surface area is 206 Å². The van der Waals surface area contributed by atoms with Crippen LogP contribution in [0, 0.1) is 5.92 Å². The van der Waals surface area contributed by atoms with E-state index in [1.165, 1.54) is 6.20 Å². The van der Waals surface area contributed by atoms with Crippen molar-refractivity contribution in [2.24, 2.45) is 5.92 Å². The Morgan fingerprint density at radius 2 is 2.03 bits per heavy atom. The molecule has 4 heterocycles. The van der Waals surface area contributed by atoms with Gasteiger partial charge in [0.25, 0.3) is 0 Å². The number of aromatic nitrogens is 3. The zero-order chi connectivity index (χ0) is 25.7. The van der Waals surface area contributed by atoms with Gasteiger partial charge in [-0.25, -0.2) is 4.79 Å². The van der Waals surface area contributed by atoms with Crippen LogP contribution in [0.2, 0.25) is 0 Å². The smallest absolute Gasteiger partial charge is 0.356 e. The molecule has 2 fully saturated rings. The van der Waals surface area contributed by atoms with Gasteiger partial charge in [0, 0.05) is 37.0 Å². The molecule has 3 aromatic rings. The van der Waals surface area contributed by atoms with Crippen LogP contribution in [0.1, 0.15) is 56.2 Å². The number of pyridine rings is 1. The first kappa shape index (κ1) is 24.5. The van der Waals surface area contributed by atoms with Gasteiger partial charge in [0.15, 0.2) is 0 Å². The molecule has 5 rings (SSSR count). The molecule has 0 spiro atoms. The van der Waals surface area contributed by atoms with E-state index in [-0.39, 0.29) is 11.6 Å². The number of carbonyl (C=O) groups excluding carboxylic acids is 1. The van der Waals surface area contributed by atoms with Crippen LogP contribution < -0.4 is 16.1 Å². The average molecular weight is 503 g/mol. The number of fused-ring (bicyclic) bond motifs is 1. The average Bonchev–Trinajstić information content (AvgIpc) is 3.14. The normalized spacial score (nSPS) is 23.7. The van der Waals surface area contributed by atoms with Crippen LogP contribution in [0.3, 0.4) is 0 Å². The lowest BCUT2D eigenvalue weighted by Crippen LogP contribution is -2.41. The van der Waals surface area contributed by atoms with Crippen molar-refractivity contribution < 1.29 is 23.1 Å². The fourth-order valence-corrected chi connectivity index (χ4v) is 5.59. The quantitative estimate of drug-likeness (QED) is 0.595. The Morgan fingerprint density at radius 1 is 1.22 bits per heavy atom. The van der Waals surface area contributed by atoms with Crippen LogP contribution in [0.15, 0.2) is 41.3 Å². The van der Waals surface area contributed by atoms with Crippen LogP contribution in [0.5, 0.6) is 0 Å². The van der Waals surface area contributed by atoms with Crippen molar-refractivity contribution in [2.75, 3.05) is 19.6 Å². The first-order valence-electron chi connectivity index (χ1n) is 12.4. The minimum Gasteiger partial charge on any atom is -0.356 e. The number of H-pyrrole nitrogens is 1. The van der Waals surface area contributed by atoms with Gasteiger partial charge in [-0.05, 0) is 55.5 Å². The van der Waals surface area contributed by atoms with Crippen LogP contribution in [-0.4, -0.2) is 39.5 Å². The second-order valence-corrected chi connectivity index (χ2v) is 10.6. The summed E-state index contributed by atoms with van der Waals surface area (Å²) in [5.74, 6) is 0.448. The summed E-state index contributed by atoms with van der Waals surface area (Å²) in [7, 11) is 0. The van der Waals surface area contributed by atoms with Crippen LogP contribution in [-0.2, 0) is 22.9 Å². The number of benzene rings is 1. The molecule has 0 radical (unpaired) electrons. The van der Waals surface area contributed by atoms with Crippen molar-refractivity contribution in [1.82, 2.24) is 19.3 Å². The highest BCUT2D eigenvalue weighted by Gasteiger charge is 2.39. The summed E-state index contributed by atoms with van der Waals surface area (Å²) in [6.07, 6.45) is 0.0465. The number of likely N-dealkylation sites (tertiary alicyclic amines) is 1.